The third-order valence-electron chi connectivity index (χ3n) is 5.61. The van der Waals surface area contributed by atoms with E-state index in [1.165, 1.54) is 22.3 Å². The highest BCUT2D eigenvalue weighted by Gasteiger charge is 2.24. The molecule has 0 saturated carbocycles. The fraction of sp³-hybridized carbons (Fsp3) is 0.222. The van der Waals surface area contributed by atoms with Crippen LogP contribution in [-0.2, 0) is 17.6 Å². The molecule has 1 aliphatic carbocycles. The normalized spacial score (nSPS) is 15.8. The summed E-state index contributed by atoms with van der Waals surface area (Å²) in [4.78, 5) is 12.4. The maximum absolute atomic E-state index is 12.4. The van der Waals surface area contributed by atoms with Gasteiger partial charge in [-0.1, -0.05) is 78.4 Å². The van der Waals surface area contributed by atoms with Crippen molar-refractivity contribution >= 4 is 11.4 Å². The van der Waals surface area contributed by atoms with Gasteiger partial charge >= 0.3 is 0 Å². The number of carbonyl (C=O) groups is 1. The largest absolute Gasteiger partial charge is 0.469 e. The Bertz CT molecular complexity index is 980. The van der Waals surface area contributed by atoms with Crippen molar-refractivity contribution in [2.45, 2.75) is 32.1 Å². The zero-order valence-corrected chi connectivity index (χ0v) is 16.6. The lowest BCUT2D eigenvalue weighted by molar-refractivity contribution is -0.119. The number of carbonyl (C=O) groups excluding carboxylic acids is 1. The van der Waals surface area contributed by atoms with E-state index in [9.17, 15) is 4.79 Å². The zero-order valence-electron chi connectivity index (χ0n) is 16.6. The Morgan fingerprint density at radius 3 is 2.24 bits per heavy atom. The van der Waals surface area contributed by atoms with E-state index in [0.717, 1.165) is 18.6 Å². The number of rotatable bonds is 9. The molecule has 0 saturated heterocycles. The third-order valence-corrected chi connectivity index (χ3v) is 5.61. The molecular formula is C27H26O2. The number of aryl methyl sites for hydroxylation is 1. The van der Waals surface area contributed by atoms with Crippen molar-refractivity contribution in [3.05, 3.63) is 114 Å². The molecule has 0 fully saturated rings. The molecule has 29 heavy (non-hydrogen) atoms. The number of hydrogen-bond acceptors (Lipinski definition) is 2. The quantitative estimate of drug-likeness (QED) is 0.426. The first kappa shape index (κ1) is 19.2. The summed E-state index contributed by atoms with van der Waals surface area (Å²) in [5.41, 5.74) is 5.31. The van der Waals surface area contributed by atoms with Crippen molar-refractivity contribution in [1.29, 1.82) is 0 Å². The van der Waals surface area contributed by atoms with Crippen LogP contribution < -0.4 is 0 Å². The smallest absolute Gasteiger partial charge is 0.133 e. The van der Waals surface area contributed by atoms with Crippen LogP contribution in [0, 0.1) is 5.92 Å². The fourth-order valence-corrected chi connectivity index (χ4v) is 4.03. The summed E-state index contributed by atoms with van der Waals surface area (Å²) in [5, 5.41) is 0. The standard InChI is InChI=1S/C27H26O2/c28-24(16-17-25-12-7-19-29-25)15-13-23-14-18-26(22-10-5-2-6-11-22)27(23)20-21-8-3-1-4-9-21/h1-12,14,18-19,27H,13,15-17,20H2. The lowest BCUT2D eigenvalue weighted by Gasteiger charge is -2.20. The minimum atomic E-state index is 0.300. The Balaban J connectivity index is 1.41. The predicted octanol–water partition coefficient (Wildman–Crippen LogP) is 6.44. The van der Waals surface area contributed by atoms with Crippen LogP contribution in [0.2, 0.25) is 0 Å². The van der Waals surface area contributed by atoms with E-state index in [0.29, 0.717) is 31.0 Å². The van der Waals surface area contributed by atoms with Gasteiger partial charge in [0.25, 0.3) is 0 Å². The van der Waals surface area contributed by atoms with Gasteiger partial charge in [-0.25, -0.2) is 0 Å². The average Bonchev–Trinajstić information content (AvgIpc) is 3.42. The van der Waals surface area contributed by atoms with Crippen LogP contribution in [0.3, 0.4) is 0 Å². The number of Topliss-reactive ketones (excluding diaryl/α,β-unsaturated/α-hetero) is 1. The lowest BCUT2D eigenvalue weighted by atomic mass is 9.83. The number of ketones is 1. The summed E-state index contributed by atoms with van der Waals surface area (Å²) in [6.45, 7) is 0. The van der Waals surface area contributed by atoms with Gasteiger partial charge in [-0.2, -0.15) is 0 Å². The van der Waals surface area contributed by atoms with Crippen LogP contribution >= 0.6 is 0 Å². The topological polar surface area (TPSA) is 30.2 Å². The molecule has 0 aliphatic heterocycles. The van der Waals surface area contributed by atoms with Gasteiger partial charge < -0.3 is 4.42 Å². The van der Waals surface area contributed by atoms with Gasteiger partial charge in [0.2, 0.25) is 0 Å². The molecule has 0 amide bonds. The number of furan rings is 1. The summed E-state index contributed by atoms with van der Waals surface area (Å²) in [6.07, 6.45) is 9.74. The minimum absolute atomic E-state index is 0.300. The van der Waals surface area contributed by atoms with E-state index < -0.39 is 0 Å². The molecule has 1 atom stereocenters. The van der Waals surface area contributed by atoms with E-state index in [4.69, 9.17) is 4.42 Å². The van der Waals surface area contributed by atoms with Crippen LogP contribution in [0.4, 0.5) is 0 Å². The van der Waals surface area contributed by atoms with Crippen molar-refractivity contribution in [3.63, 3.8) is 0 Å². The monoisotopic (exact) mass is 382 g/mol. The molecule has 0 spiro atoms. The van der Waals surface area contributed by atoms with Crippen molar-refractivity contribution in [2.75, 3.05) is 0 Å². The van der Waals surface area contributed by atoms with Crippen molar-refractivity contribution in [3.8, 4) is 0 Å². The molecule has 0 N–H and O–H groups in total. The molecule has 0 radical (unpaired) electrons. The first-order chi connectivity index (χ1) is 14.3. The first-order valence-electron chi connectivity index (χ1n) is 10.3. The Hall–Kier alpha value is -3.13. The van der Waals surface area contributed by atoms with Gasteiger partial charge in [-0.3, -0.25) is 4.79 Å². The Labute approximate surface area is 172 Å². The van der Waals surface area contributed by atoms with Gasteiger partial charge in [0, 0.05) is 25.2 Å². The van der Waals surface area contributed by atoms with Gasteiger partial charge in [0.15, 0.2) is 0 Å². The second kappa shape index (κ2) is 9.38. The summed E-state index contributed by atoms with van der Waals surface area (Å²) in [6, 6.07) is 25.0. The molecular weight excluding hydrogens is 356 g/mol. The molecule has 4 rings (SSSR count). The number of benzene rings is 2. The first-order valence-corrected chi connectivity index (χ1v) is 10.3. The third kappa shape index (κ3) is 5.03. The van der Waals surface area contributed by atoms with E-state index in [-0.39, 0.29) is 0 Å². The van der Waals surface area contributed by atoms with Crippen molar-refractivity contribution in [1.82, 2.24) is 0 Å². The van der Waals surface area contributed by atoms with Gasteiger partial charge in [0.05, 0.1) is 6.26 Å². The summed E-state index contributed by atoms with van der Waals surface area (Å²) in [5.74, 6) is 1.51. The summed E-state index contributed by atoms with van der Waals surface area (Å²) < 4.78 is 5.34. The SMILES string of the molecule is O=C(CCC1=CC=C(c2ccccc2)C1Cc1ccccc1)CCc1ccco1. The Morgan fingerprint density at radius 1 is 0.793 bits per heavy atom. The predicted molar refractivity (Wildman–Crippen MR) is 117 cm³/mol. The molecule has 146 valence electrons. The van der Waals surface area contributed by atoms with Crippen molar-refractivity contribution < 1.29 is 9.21 Å². The Kier molecular flexibility index (Phi) is 6.21. The maximum atomic E-state index is 12.4. The minimum Gasteiger partial charge on any atom is -0.469 e. The van der Waals surface area contributed by atoms with E-state index in [1.807, 2.05) is 12.1 Å². The number of allylic oxidation sites excluding steroid dienone is 4. The van der Waals surface area contributed by atoms with E-state index in [1.54, 1.807) is 6.26 Å². The lowest BCUT2D eigenvalue weighted by Crippen LogP contribution is -2.10. The van der Waals surface area contributed by atoms with Crippen LogP contribution in [0.15, 0.2) is 101 Å². The molecule has 2 heteroatoms. The van der Waals surface area contributed by atoms with Crippen molar-refractivity contribution in [2.24, 2.45) is 5.92 Å². The molecule has 1 aliphatic rings. The number of hydrogen-bond donors (Lipinski definition) is 0. The molecule has 0 bridgehead atoms. The summed E-state index contributed by atoms with van der Waals surface area (Å²) in [7, 11) is 0. The van der Waals surface area contributed by atoms with Gasteiger partial charge in [0.1, 0.15) is 11.5 Å². The molecule has 2 nitrogen and oxygen atoms in total. The highest BCUT2D eigenvalue weighted by atomic mass is 16.3. The average molecular weight is 383 g/mol. The van der Waals surface area contributed by atoms with E-state index >= 15 is 0 Å². The molecule has 1 heterocycles. The molecule has 1 aromatic heterocycles. The second-order valence-electron chi connectivity index (χ2n) is 7.59. The molecule has 1 unspecified atom stereocenters. The Morgan fingerprint density at radius 2 is 1.52 bits per heavy atom. The van der Waals surface area contributed by atoms with E-state index in [2.05, 4.69) is 72.8 Å². The van der Waals surface area contributed by atoms with Gasteiger partial charge in [-0.05, 0) is 41.7 Å². The van der Waals surface area contributed by atoms with Crippen LogP contribution in [0.1, 0.15) is 36.1 Å². The summed E-state index contributed by atoms with van der Waals surface area (Å²) >= 11 is 0. The van der Waals surface area contributed by atoms with Crippen LogP contribution in [-0.4, -0.2) is 5.78 Å². The zero-order chi connectivity index (χ0) is 19.9. The molecule has 3 aromatic rings. The van der Waals surface area contributed by atoms with Crippen LogP contribution in [0.5, 0.6) is 0 Å². The van der Waals surface area contributed by atoms with Gasteiger partial charge in [-0.15, -0.1) is 0 Å². The maximum Gasteiger partial charge on any atom is 0.133 e. The second-order valence-corrected chi connectivity index (χ2v) is 7.59. The fourth-order valence-electron chi connectivity index (χ4n) is 4.03. The highest BCUT2D eigenvalue weighted by molar-refractivity contribution is 5.80. The highest BCUT2D eigenvalue weighted by Crippen LogP contribution is 2.38. The molecule has 2 aromatic carbocycles. The van der Waals surface area contributed by atoms with Crippen LogP contribution in [0.25, 0.3) is 5.57 Å².